The van der Waals surface area contributed by atoms with Crippen LogP contribution in [0.25, 0.3) is 11.0 Å². The van der Waals surface area contributed by atoms with E-state index < -0.39 is 56.8 Å². The summed E-state index contributed by atoms with van der Waals surface area (Å²) in [5.74, 6) is -3.52. The second-order valence-corrected chi connectivity index (χ2v) is 10.7. The normalized spacial score (nSPS) is 25.8. The van der Waals surface area contributed by atoms with Crippen molar-refractivity contribution >= 4 is 30.6 Å². The minimum Gasteiger partial charge on any atom is -0.462 e. The lowest BCUT2D eigenvalue weighted by atomic mass is 10.1. The summed E-state index contributed by atoms with van der Waals surface area (Å²) in [5, 5.41) is 24.0. The molecule has 0 aliphatic carbocycles. The number of aliphatic hydroxyl groups is 2. The summed E-state index contributed by atoms with van der Waals surface area (Å²) in [6.07, 6.45) is -3.13. The number of nitrogens with zero attached hydrogens (tertiary/aromatic N) is 3. The smallest absolute Gasteiger partial charge is 0.459 e. The van der Waals surface area contributed by atoms with Gasteiger partial charge in [0, 0.05) is 6.20 Å². The Hall–Kier alpha value is -3.13. The van der Waals surface area contributed by atoms with Gasteiger partial charge >= 0.3 is 13.7 Å². The van der Waals surface area contributed by atoms with Crippen molar-refractivity contribution in [1.82, 2.24) is 19.6 Å². The van der Waals surface area contributed by atoms with E-state index in [1.54, 1.807) is 38.1 Å². The maximum absolute atomic E-state index is 15.9. The number of hydrogen-bond acceptors (Lipinski definition) is 11. The van der Waals surface area contributed by atoms with Crippen LogP contribution in [0.5, 0.6) is 5.75 Å². The lowest BCUT2D eigenvalue weighted by molar-refractivity contribution is -0.202. The quantitative estimate of drug-likeness (QED) is 0.212. The Morgan fingerprint density at radius 2 is 1.97 bits per heavy atom. The third-order valence-corrected chi connectivity index (χ3v) is 7.27. The van der Waals surface area contributed by atoms with Crippen molar-refractivity contribution in [1.29, 1.82) is 0 Å². The highest BCUT2D eigenvalue weighted by atomic mass is 31.2. The lowest BCUT2D eigenvalue weighted by Gasteiger charge is -2.27. The third kappa shape index (κ3) is 5.80. The van der Waals surface area contributed by atoms with Gasteiger partial charge in [0.1, 0.15) is 48.4 Å². The molecule has 6 atom stereocenters. The molecule has 1 fully saturated rings. The molecule has 0 bridgehead atoms. The summed E-state index contributed by atoms with van der Waals surface area (Å²) >= 11 is 0. The fourth-order valence-corrected chi connectivity index (χ4v) is 5.30. The van der Waals surface area contributed by atoms with Crippen molar-refractivity contribution in [3.8, 4) is 5.75 Å². The average molecular weight is 553 g/mol. The Balaban J connectivity index is 1.55. The highest BCUT2D eigenvalue weighted by Gasteiger charge is 2.57. The average Bonchev–Trinajstić information content (AvgIpc) is 3.39. The summed E-state index contributed by atoms with van der Waals surface area (Å²) in [5.41, 5.74) is 6.07. The predicted molar refractivity (Wildman–Crippen MR) is 132 cm³/mol. The molecule has 0 radical (unpaired) electrons. The highest BCUT2D eigenvalue weighted by Crippen LogP contribution is 2.48. The predicted octanol–water partition coefficient (Wildman–Crippen LogP) is 2.06. The Labute approximate surface area is 217 Å². The molecule has 0 saturated carbocycles. The number of halogens is 1. The summed E-state index contributed by atoms with van der Waals surface area (Å²) in [6.45, 7) is 3.51. The molecule has 1 aliphatic rings. The van der Waals surface area contributed by atoms with Crippen molar-refractivity contribution in [3.05, 3.63) is 48.9 Å². The first-order valence-electron chi connectivity index (χ1n) is 11.7. The van der Waals surface area contributed by atoms with Crippen molar-refractivity contribution in [3.63, 3.8) is 0 Å². The van der Waals surface area contributed by atoms with Crippen LogP contribution in [0.15, 0.2) is 48.9 Å². The molecule has 206 valence electrons. The number of nitrogen functional groups attached to an aromatic ring is 1. The molecular weight excluding hydrogens is 524 g/mol. The largest absolute Gasteiger partial charge is 0.462 e. The van der Waals surface area contributed by atoms with Crippen LogP contribution in [-0.2, 0) is 23.4 Å². The monoisotopic (exact) mass is 553 g/mol. The Morgan fingerprint density at radius 1 is 1.26 bits per heavy atom. The molecule has 0 amide bonds. The number of carbonyl (C=O) groups excluding carboxylic acids is 1. The zero-order valence-corrected chi connectivity index (χ0v) is 21.7. The van der Waals surface area contributed by atoms with Gasteiger partial charge < -0.3 is 34.5 Å². The number of rotatable bonds is 10. The number of para-hydroxylation sites is 1. The van der Waals surface area contributed by atoms with Crippen LogP contribution < -0.4 is 15.3 Å². The van der Waals surface area contributed by atoms with E-state index in [1.807, 2.05) is 0 Å². The van der Waals surface area contributed by atoms with Crippen molar-refractivity contribution in [2.75, 3.05) is 12.3 Å². The summed E-state index contributed by atoms with van der Waals surface area (Å²) in [4.78, 5) is 20.3. The summed E-state index contributed by atoms with van der Waals surface area (Å²) in [7, 11) is -4.47. The number of aromatic nitrogens is 3. The van der Waals surface area contributed by atoms with E-state index in [1.165, 1.54) is 36.1 Å². The number of fused-ring (bicyclic) bond motifs is 1. The van der Waals surface area contributed by atoms with Gasteiger partial charge in [-0.05, 0) is 39.0 Å². The molecule has 1 aliphatic heterocycles. The van der Waals surface area contributed by atoms with Crippen LogP contribution in [-0.4, -0.2) is 67.5 Å². The zero-order chi connectivity index (χ0) is 27.7. The molecule has 0 unspecified atom stereocenters. The van der Waals surface area contributed by atoms with Gasteiger partial charge in [0.15, 0.2) is 6.23 Å². The van der Waals surface area contributed by atoms with Crippen molar-refractivity contribution < 1.29 is 42.5 Å². The van der Waals surface area contributed by atoms with E-state index in [-0.39, 0.29) is 17.2 Å². The number of benzene rings is 1. The SMILES string of the molecule is CC(C)OC(=O)[C@H](C)N[P@@](=O)(OC[C@@]1(F)O[C@@H](n2ccc3c(N)ncnc32)[C@H](O)[C@@H]1O)Oc1ccccc1. The number of anilines is 1. The topological polar surface area (TPSA) is 180 Å². The molecule has 13 nitrogen and oxygen atoms in total. The van der Waals surface area contributed by atoms with Crippen LogP contribution in [0.3, 0.4) is 0 Å². The molecule has 2 aromatic heterocycles. The molecule has 4 rings (SSSR count). The van der Waals surface area contributed by atoms with Crippen LogP contribution >= 0.6 is 7.75 Å². The van der Waals surface area contributed by atoms with Gasteiger partial charge in [0.2, 0.25) is 0 Å². The maximum Gasteiger partial charge on any atom is 0.459 e. The molecule has 0 spiro atoms. The van der Waals surface area contributed by atoms with Gasteiger partial charge in [-0.3, -0.25) is 9.32 Å². The van der Waals surface area contributed by atoms with Crippen LogP contribution in [0.2, 0.25) is 0 Å². The van der Waals surface area contributed by atoms with Gasteiger partial charge in [-0.25, -0.2) is 18.9 Å². The van der Waals surface area contributed by atoms with E-state index in [9.17, 15) is 19.6 Å². The summed E-state index contributed by atoms with van der Waals surface area (Å²) < 4.78 is 52.1. The van der Waals surface area contributed by atoms with Gasteiger partial charge in [-0.15, -0.1) is 0 Å². The van der Waals surface area contributed by atoms with Crippen LogP contribution in [0.1, 0.15) is 27.0 Å². The molecule has 1 aromatic carbocycles. The van der Waals surface area contributed by atoms with E-state index in [0.29, 0.717) is 5.39 Å². The molecule has 1 saturated heterocycles. The highest BCUT2D eigenvalue weighted by molar-refractivity contribution is 7.52. The van der Waals surface area contributed by atoms with E-state index in [4.69, 9.17) is 24.3 Å². The molecule has 38 heavy (non-hydrogen) atoms. The number of ether oxygens (including phenoxy) is 2. The van der Waals surface area contributed by atoms with Crippen molar-refractivity contribution in [2.24, 2.45) is 0 Å². The number of nitrogens with two attached hydrogens (primary N) is 1. The fourth-order valence-electron chi connectivity index (χ4n) is 3.80. The van der Waals surface area contributed by atoms with Gasteiger partial charge in [-0.2, -0.15) is 5.09 Å². The molecular formula is C23H29FN5O8P. The molecule has 3 heterocycles. The Morgan fingerprint density at radius 3 is 2.66 bits per heavy atom. The number of nitrogens with one attached hydrogen (secondary N) is 1. The standard InChI is InChI=1S/C23H29FN5O8P/c1-13(2)35-22(32)14(3)28-38(33,37-15-7-5-4-6-8-15)34-11-23(24)18(31)17(30)21(36-23)29-10-9-16-19(25)26-12-27-20(16)29/h4-10,12-14,17-18,21,30-31H,11H2,1-3H3,(H,28,33)(H2,25,26,27)/t14-,17+,18-,21+,23+,38+/m0/s1. The number of carbonyl (C=O) groups is 1. The lowest BCUT2D eigenvalue weighted by Crippen LogP contribution is -2.44. The maximum atomic E-state index is 15.9. The first kappa shape index (κ1) is 27.9. The number of aliphatic hydroxyl groups excluding tert-OH is 2. The van der Waals surface area contributed by atoms with Gasteiger partial charge in [-0.1, -0.05) is 18.2 Å². The Bertz CT molecular complexity index is 1330. The van der Waals surface area contributed by atoms with Gasteiger partial charge in [0.25, 0.3) is 5.85 Å². The number of esters is 1. The van der Waals surface area contributed by atoms with Crippen molar-refractivity contribution in [2.45, 2.75) is 57.2 Å². The second-order valence-electron chi connectivity index (χ2n) is 8.96. The van der Waals surface area contributed by atoms with E-state index >= 15 is 4.39 Å². The van der Waals surface area contributed by atoms with Crippen LogP contribution in [0.4, 0.5) is 10.2 Å². The first-order valence-corrected chi connectivity index (χ1v) is 13.2. The first-order chi connectivity index (χ1) is 17.9. The summed E-state index contributed by atoms with van der Waals surface area (Å²) in [6, 6.07) is 8.23. The molecule has 5 N–H and O–H groups in total. The zero-order valence-electron chi connectivity index (χ0n) is 20.8. The minimum atomic E-state index is -4.47. The minimum absolute atomic E-state index is 0.0996. The Kier molecular flexibility index (Phi) is 8.02. The second kappa shape index (κ2) is 10.9. The molecule has 15 heteroatoms. The fraction of sp³-hybridized carbons (Fsp3) is 0.435. The number of hydrogen-bond donors (Lipinski definition) is 4. The molecule has 3 aromatic rings. The van der Waals surface area contributed by atoms with Crippen LogP contribution in [0, 0.1) is 0 Å². The van der Waals surface area contributed by atoms with E-state index in [0.717, 1.165) is 0 Å². The number of alkyl halides is 1. The van der Waals surface area contributed by atoms with Gasteiger partial charge in [0.05, 0.1) is 11.5 Å². The van der Waals surface area contributed by atoms with E-state index in [2.05, 4.69) is 15.1 Å². The third-order valence-electron chi connectivity index (χ3n) is 5.65.